The number of nitrogens with zero attached hydrogens (tertiary/aromatic N) is 1. The molecule has 1 heterocycles. The van der Waals surface area contributed by atoms with Crippen LogP contribution in [0.4, 0.5) is 0 Å². The molecule has 1 atom stereocenters. The number of hydrogen-bond donors (Lipinski definition) is 3. The number of benzene rings is 1. The van der Waals surface area contributed by atoms with Crippen LogP contribution in [-0.2, 0) is 16.6 Å². The van der Waals surface area contributed by atoms with Gasteiger partial charge in [-0.3, -0.25) is 5.10 Å². The Morgan fingerprint density at radius 3 is 2.81 bits per heavy atom. The normalized spacial score (nSPS) is 13.1. The molecule has 1 unspecified atom stereocenters. The highest BCUT2D eigenvalue weighted by Crippen LogP contribution is 2.26. The van der Waals surface area contributed by atoms with Crippen molar-refractivity contribution in [3.63, 3.8) is 0 Å². The quantitative estimate of drug-likeness (QED) is 0.737. The molecule has 21 heavy (non-hydrogen) atoms. The predicted molar refractivity (Wildman–Crippen MR) is 76.2 cm³/mol. The molecule has 0 saturated heterocycles. The van der Waals surface area contributed by atoms with E-state index in [0.717, 1.165) is 5.56 Å². The van der Waals surface area contributed by atoms with Crippen LogP contribution in [0, 0.1) is 0 Å². The second-order valence-corrected chi connectivity index (χ2v) is 6.20. The molecule has 0 amide bonds. The average molecular weight is 311 g/mol. The molecule has 1 aromatic carbocycles. The highest BCUT2D eigenvalue weighted by Gasteiger charge is 2.23. The summed E-state index contributed by atoms with van der Waals surface area (Å²) in [5.74, 6) is 0.221. The van der Waals surface area contributed by atoms with Gasteiger partial charge in [-0.1, -0.05) is 6.07 Å². The van der Waals surface area contributed by atoms with Gasteiger partial charge in [0.15, 0.2) is 0 Å². The third-order valence-corrected chi connectivity index (χ3v) is 4.61. The van der Waals surface area contributed by atoms with Crippen LogP contribution >= 0.6 is 0 Å². The van der Waals surface area contributed by atoms with Crippen LogP contribution in [0.3, 0.4) is 0 Å². The summed E-state index contributed by atoms with van der Waals surface area (Å²) in [6, 6.07) is 4.07. The third-order valence-electron chi connectivity index (χ3n) is 3.05. The van der Waals surface area contributed by atoms with Crippen molar-refractivity contribution in [1.82, 2.24) is 14.9 Å². The van der Waals surface area contributed by atoms with Gasteiger partial charge in [-0.25, -0.2) is 13.1 Å². The number of aliphatic hydroxyl groups excluding tert-OH is 1. The molecule has 0 aliphatic rings. The van der Waals surface area contributed by atoms with Gasteiger partial charge in [-0.05, 0) is 24.6 Å². The number of ether oxygens (including phenoxy) is 1. The lowest BCUT2D eigenvalue weighted by molar-refractivity contribution is 0.281. The van der Waals surface area contributed by atoms with Crippen molar-refractivity contribution in [3.8, 4) is 5.75 Å². The molecule has 0 radical (unpaired) electrons. The first-order chi connectivity index (χ1) is 9.97. The highest BCUT2D eigenvalue weighted by atomic mass is 32.2. The maximum Gasteiger partial charge on any atom is 0.244 e. The molecular formula is C13H17N3O4S. The molecule has 8 heteroatoms. The number of aromatic nitrogens is 2. The fourth-order valence-corrected chi connectivity index (χ4v) is 3.34. The third kappa shape index (κ3) is 3.41. The summed E-state index contributed by atoms with van der Waals surface area (Å²) in [6.07, 6.45) is 3.17. The van der Waals surface area contributed by atoms with Crippen molar-refractivity contribution >= 4 is 10.0 Å². The number of nitrogens with one attached hydrogen (secondary N) is 2. The SMILES string of the molecule is COc1ccc(CO)cc1S(=O)(=O)NC(C)c1cn[nH]c1. The Morgan fingerprint density at radius 1 is 1.48 bits per heavy atom. The molecule has 3 N–H and O–H groups in total. The van der Waals surface area contributed by atoms with Crippen LogP contribution in [0.25, 0.3) is 0 Å². The van der Waals surface area contributed by atoms with E-state index in [0.29, 0.717) is 5.56 Å². The first-order valence-electron chi connectivity index (χ1n) is 6.26. The maximum absolute atomic E-state index is 12.5. The van der Waals surface area contributed by atoms with Gasteiger partial charge >= 0.3 is 0 Å². The zero-order valence-electron chi connectivity index (χ0n) is 11.7. The standard InChI is InChI=1S/C13H17N3O4S/c1-9(11-6-14-15-7-11)16-21(18,19)13-5-10(8-17)3-4-12(13)20-2/h3-7,9,16-17H,8H2,1-2H3,(H,14,15). The van der Waals surface area contributed by atoms with E-state index in [2.05, 4.69) is 14.9 Å². The smallest absolute Gasteiger partial charge is 0.244 e. The summed E-state index contributed by atoms with van der Waals surface area (Å²) in [4.78, 5) is -0.00750. The molecule has 114 valence electrons. The summed E-state index contributed by atoms with van der Waals surface area (Å²) in [5.41, 5.74) is 1.21. The van der Waals surface area contributed by atoms with E-state index in [1.165, 1.54) is 19.2 Å². The summed E-state index contributed by atoms with van der Waals surface area (Å²) < 4.78 is 32.6. The topological polar surface area (TPSA) is 104 Å². The molecule has 2 aromatic rings. The number of aromatic amines is 1. The molecule has 0 saturated carbocycles. The number of aliphatic hydroxyl groups is 1. The summed E-state index contributed by atoms with van der Waals surface area (Å²) in [6.45, 7) is 1.47. The predicted octanol–water partition coefficient (Wildman–Crippen LogP) is 0.950. The molecule has 0 aliphatic carbocycles. The van der Waals surface area contributed by atoms with Crippen molar-refractivity contribution < 1.29 is 18.3 Å². The second-order valence-electron chi connectivity index (χ2n) is 4.52. The van der Waals surface area contributed by atoms with Crippen molar-refractivity contribution in [2.75, 3.05) is 7.11 Å². The van der Waals surface area contributed by atoms with Crippen molar-refractivity contribution in [2.24, 2.45) is 0 Å². The number of methoxy groups -OCH3 is 1. The van der Waals surface area contributed by atoms with Gasteiger partial charge in [0.2, 0.25) is 10.0 Å². The minimum Gasteiger partial charge on any atom is -0.495 e. The Kier molecular flexibility index (Phi) is 4.61. The zero-order valence-corrected chi connectivity index (χ0v) is 12.5. The summed E-state index contributed by atoms with van der Waals surface area (Å²) >= 11 is 0. The Bertz CT molecular complexity index is 698. The van der Waals surface area contributed by atoms with Gasteiger partial charge < -0.3 is 9.84 Å². The van der Waals surface area contributed by atoms with E-state index in [9.17, 15) is 8.42 Å². The fraction of sp³-hybridized carbons (Fsp3) is 0.308. The van der Waals surface area contributed by atoms with Crippen molar-refractivity contribution in [1.29, 1.82) is 0 Å². The maximum atomic E-state index is 12.5. The molecule has 0 fully saturated rings. The Labute approximate surface area is 123 Å². The van der Waals surface area contributed by atoms with Gasteiger partial charge in [0.1, 0.15) is 10.6 Å². The van der Waals surface area contributed by atoms with E-state index in [-0.39, 0.29) is 17.3 Å². The van der Waals surface area contributed by atoms with E-state index in [1.54, 1.807) is 25.4 Å². The minimum absolute atomic E-state index is 0.00750. The molecule has 0 spiro atoms. The molecular weight excluding hydrogens is 294 g/mol. The Hall–Kier alpha value is -1.90. The van der Waals surface area contributed by atoms with Crippen molar-refractivity contribution in [3.05, 3.63) is 41.7 Å². The van der Waals surface area contributed by atoms with E-state index in [1.807, 2.05) is 0 Å². The first kappa shape index (κ1) is 15.5. The van der Waals surface area contributed by atoms with Gasteiger partial charge in [0, 0.05) is 17.8 Å². The monoisotopic (exact) mass is 311 g/mol. The fourth-order valence-electron chi connectivity index (χ4n) is 1.89. The average Bonchev–Trinajstić information content (AvgIpc) is 3.00. The Morgan fingerprint density at radius 2 is 2.24 bits per heavy atom. The number of rotatable bonds is 6. The lowest BCUT2D eigenvalue weighted by Crippen LogP contribution is -2.27. The van der Waals surface area contributed by atoms with E-state index in [4.69, 9.17) is 9.84 Å². The van der Waals surface area contributed by atoms with Crippen LogP contribution in [0.5, 0.6) is 5.75 Å². The molecule has 2 rings (SSSR count). The summed E-state index contributed by atoms with van der Waals surface area (Å²) in [5, 5.41) is 15.6. The minimum atomic E-state index is -3.79. The van der Waals surface area contributed by atoms with E-state index >= 15 is 0 Å². The van der Waals surface area contributed by atoms with Gasteiger partial charge in [0.05, 0.1) is 19.9 Å². The first-order valence-corrected chi connectivity index (χ1v) is 7.75. The Balaban J connectivity index is 2.34. The molecule has 1 aromatic heterocycles. The van der Waals surface area contributed by atoms with Crippen LogP contribution in [0.1, 0.15) is 24.1 Å². The lowest BCUT2D eigenvalue weighted by Gasteiger charge is -2.15. The molecule has 7 nitrogen and oxygen atoms in total. The highest BCUT2D eigenvalue weighted by molar-refractivity contribution is 7.89. The molecule has 0 bridgehead atoms. The van der Waals surface area contributed by atoms with Gasteiger partial charge in [-0.15, -0.1) is 0 Å². The lowest BCUT2D eigenvalue weighted by atomic mass is 10.2. The molecule has 0 aliphatic heterocycles. The summed E-state index contributed by atoms with van der Waals surface area (Å²) in [7, 11) is -2.39. The van der Waals surface area contributed by atoms with Gasteiger partial charge in [0.25, 0.3) is 0 Å². The number of hydrogen-bond acceptors (Lipinski definition) is 5. The van der Waals surface area contributed by atoms with Crippen LogP contribution in [0.2, 0.25) is 0 Å². The van der Waals surface area contributed by atoms with Gasteiger partial charge in [-0.2, -0.15) is 5.10 Å². The van der Waals surface area contributed by atoms with Crippen LogP contribution in [-0.4, -0.2) is 30.8 Å². The van der Waals surface area contributed by atoms with Crippen LogP contribution in [0.15, 0.2) is 35.5 Å². The van der Waals surface area contributed by atoms with E-state index < -0.39 is 16.1 Å². The zero-order chi connectivity index (χ0) is 15.5. The largest absolute Gasteiger partial charge is 0.495 e. The van der Waals surface area contributed by atoms with Crippen LogP contribution < -0.4 is 9.46 Å². The second kappa shape index (κ2) is 6.25. The number of H-pyrrole nitrogens is 1. The van der Waals surface area contributed by atoms with Crippen molar-refractivity contribution in [2.45, 2.75) is 24.5 Å². The number of sulfonamides is 1.